The van der Waals surface area contributed by atoms with Gasteiger partial charge in [-0.15, -0.1) is 0 Å². The van der Waals surface area contributed by atoms with Crippen LogP contribution in [-0.4, -0.2) is 16.7 Å². The van der Waals surface area contributed by atoms with Crippen molar-refractivity contribution in [1.82, 2.24) is 9.55 Å². The topological polar surface area (TPSA) is 27.1 Å². The van der Waals surface area contributed by atoms with Crippen LogP contribution in [-0.2, 0) is 7.05 Å². The van der Waals surface area contributed by atoms with E-state index in [1.54, 1.807) is 7.11 Å². The summed E-state index contributed by atoms with van der Waals surface area (Å²) in [6, 6.07) is 2.09. The number of imidazole rings is 1. The first-order valence-electron chi connectivity index (χ1n) is 6.22. The molecule has 0 saturated carbocycles. The highest BCUT2D eigenvalue weighted by atomic mass is 79.9. The Bertz CT molecular complexity index is 644. The zero-order chi connectivity index (χ0) is 14.3. The molecular formula is C15H19BrN2O. The van der Waals surface area contributed by atoms with Gasteiger partial charge in [0.25, 0.3) is 0 Å². The highest BCUT2D eigenvalue weighted by Crippen LogP contribution is 2.37. The summed E-state index contributed by atoms with van der Waals surface area (Å²) < 4.78 is 8.44. The van der Waals surface area contributed by atoms with E-state index >= 15 is 0 Å². The Morgan fingerprint density at radius 2 is 1.79 bits per heavy atom. The maximum Gasteiger partial charge on any atom is 0.132 e. The number of halogens is 1. The molecule has 3 nitrogen and oxygen atoms in total. The zero-order valence-corrected chi connectivity index (χ0v) is 13.8. The molecule has 0 aliphatic carbocycles. The molecule has 1 aromatic heterocycles. The van der Waals surface area contributed by atoms with Crippen LogP contribution in [0.2, 0.25) is 0 Å². The van der Waals surface area contributed by atoms with Crippen molar-refractivity contribution >= 4 is 15.9 Å². The van der Waals surface area contributed by atoms with Crippen LogP contribution in [0.1, 0.15) is 22.5 Å². The number of ether oxygens (including phenoxy) is 1. The van der Waals surface area contributed by atoms with Gasteiger partial charge in [0.1, 0.15) is 16.2 Å². The first-order valence-corrected chi connectivity index (χ1v) is 7.01. The van der Waals surface area contributed by atoms with E-state index in [0.29, 0.717) is 0 Å². The first kappa shape index (κ1) is 14.1. The Morgan fingerprint density at radius 1 is 1.16 bits per heavy atom. The van der Waals surface area contributed by atoms with Crippen molar-refractivity contribution < 1.29 is 4.74 Å². The molecule has 0 fully saturated rings. The van der Waals surface area contributed by atoms with Crippen molar-refractivity contribution in [2.24, 2.45) is 7.05 Å². The largest absolute Gasteiger partial charge is 0.496 e. The predicted octanol–water partition coefficient (Wildman–Crippen LogP) is 4.09. The Kier molecular flexibility index (Phi) is 3.72. The Hall–Kier alpha value is -1.29. The highest BCUT2D eigenvalue weighted by molar-refractivity contribution is 9.10. The molecule has 0 N–H and O–H groups in total. The number of hydrogen-bond donors (Lipinski definition) is 0. The molecular weight excluding hydrogens is 304 g/mol. The van der Waals surface area contributed by atoms with Gasteiger partial charge in [-0.3, -0.25) is 0 Å². The second-order valence-corrected chi connectivity index (χ2v) is 5.63. The lowest BCUT2D eigenvalue weighted by Gasteiger charge is -2.17. The van der Waals surface area contributed by atoms with E-state index in [1.165, 1.54) is 22.3 Å². The summed E-state index contributed by atoms with van der Waals surface area (Å²) >= 11 is 3.57. The van der Waals surface area contributed by atoms with Gasteiger partial charge in [0, 0.05) is 12.6 Å². The van der Waals surface area contributed by atoms with Gasteiger partial charge in [0.2, 0.25) is 0 Å². The molecule has 1 heterocycles. The Labute approximate surface area is 122 Å². The molecule has 0 aliphatic rings. The third-order valence-electron chi connectivity index (χ3n) is 3.78. The van der Waals surface area contributed by atoms with Crippen LogP contribution < -0.4 is 4.74 Å². The minimum absolute atomic E-state index is 0.892. The molecule has 0 aliphatic heterocycles. The van der Waals surface area contributed by atoms with Crippen LogP contribution in [0.3, 0.4) is 0 Å². The fourth-order valence-corrected chi connectivity index (χ4v) is 3.18. The molecule has 0 unspecified atom stereocenters. The van der Waals surface area contributed by atoms with Gasteiger partial charge in [-0.2, -0.15) is 0 Å². The van der Waals surface area contributed by atoms with E-state index < -0.39 is 0 Å². The lowest BCUT2D eigenvalue weighted by Crippen LogP contribution is -2.01. The van der Waals surface area contributed by atoms with E-state index in [9.17, 15) is 0 Å². The highest BCUT2D eigenvalue weighted by Gasteiger charge is 2.19. The average Bonchev–Trinajstić information content (AvgIpc) is 2.60. The third kappa shape index (κ3) is 2.18. The second-order valence-electron chi connectivity index (χ2n) is 4.88. The molecule has 0 spiro atoms. The van der Waals surface area contributed by atoms with Gasteiger partial charge in [0.05, 0.1) is 12.8 Å². The molecule has 0 bridgehead atoms. The van der Waals surface area contributed by atoms with Crippen molar-refractivity contribution in [3.05, 3.63) is 33.2 Å². The van der Waals surface area contributed by atoms with E-state index in [-0.39, 0.29) is 0 Å². The Morgan fingerprint density at radius 3 is 2.26 bits per heavy atom. The predicted molar refractivity (Wildman–Crippen MR) is 81.8 cm³/mol. The smallest absolute Gasteiger partial charge is 0.132 e. The number of aromatic nitrogens is 2. The minimum atomic E-state index is 0.892. The summed E-state index contributed by atoms with van der Waals surface area (Å²) in [5, 5.41) is 0. The van der Waals surface area contributed by atoms with Gasteiger partial charge < -0.3 is 9.30 Å². The minimum Gasteiger partial charge on any atom is -0.496 e. The fourth-order valence-electron chi connectivity index (χ4n) is 2.46. The molecule has 0 atom stereocenters. The third-order valence-corrected chi connectivity index (χ3v) is 4.33. The summed E-state index contributed by atoms with van der Waals surface area (Å²) in [6.45, 7) is 8.34. The van der Waals surface area contributed by atoms with Gasteiger partial charge in [-0.25, -0.2) is 4.98 Å². The lowest BCUT2D eigenvalue weighted by atomic mass is 9.95. The molecule has 2 rings (SSSR count). The average molecular weight is 323 g/mol. The maximum atomic E-state index is 5.43. The van der Waals surface area contributed by atoms with Gasteiger partial charge in [0.15, 0.2) is 0 Å². The van der Waals surface area contributed by atoms with Crippen molar-refractivity contribution in [3.63, 3.8) is 0 Å². The zero-order valence-electron chi connectivity index (χ0n) is 12.3. The van der Waals surface area contributed by atoms with E-state index in [1.807, 2.05) is 14.0 Å². The summed E-state index contributed by atoms with van der Waals surface area (Å²) in [6.07, 6.45) is 0. The van der Waals surface area contributed by atoms with E-state index in [4.69, 9.17) is 4.74 Å². The molecule has 2 aromatic rings. The standard InChI is InChI=1S/C15H19BrN2O/c1-8-7-12(19-6)9(2)10(3)13(8)14-15(16)17-11(4)18(14)5/h7H,1-6H3. The van der Waals surface area contributed by atoms with E-state index in [2.05, 4.69) is 52.3 Å². The number of nitrogens with zero attached hydrogens (tertiary/aromatic N) is 2. The van der Waals surface area contributed by atoms with Crippen LogP contribution in [0.4, 0.5) is 0 Å². The van der Waals surface area contributed by atoms with Crippen molar-refractivity contribution in [3.8, 4) is 17.0 Å². The van der Waals surface area contributed by atoms with Crippen LogP contribution in [0.5, 0.6) is 5.75 Å². The molecule has 102 valence electrons. The summed E-state index contributed by atoms with van der Waals surface area (Å²) in [4.78, 5) is 4.49. The van der Waals surface area contributed by atoms with E-state index in [0.717, 1.165) is 21.9 Å². The fraction of sp³-hybridized carbons (Fsp3) is 0.400. The monoisotopic (exact) mass is 322 g/mol. The lowest BCUT2D eigenvalue weighted by molar-refractivity contribution is 0.411. The number of benzene rings is 1. The van der Waals surface area contributed by atoms with Crippen LogP contribution in [0, 0.1) is 27.7 Å². The van der Waals surface area contributed by atoms with Crippen LogP contribution in [0.15, 0.2) is 10.7 Å². The molecule has 4 heteroatoms. The molecule has 1 aromatic carbocycles. The molecule has 0 saturated heterocycles. The number of aryl methyl sites for hydroxylation is 2. The van der Waals surface area contributed by atoms with Crippen LogP contribution >= 0.6 is 15.9 Å². The van der Waals surface area contributed by atoms with Crippen molar-refractivity contribution in [2.45, 2.75) is 27.7 Å². The van der Waals surface area contributed by atoms with Crippen LogP contribution in [0.25, 0.3) is 11.3 Å². The Balaban J connectivity index is 2.80. The van der Waals surface area contributed by atoms with Crippen molar-refractivity contribution in [1.29, 1.82) is 0 Å². The first-order chi connectivity index (χ1) is 8.88. The normalized spacial score (nSPS) is 10.9. The maximum absolute atomic E-state index is 5.43. The SMILES string of the molecule is COc1cc(C)c(-c2c(Br)nc(C)n2C)c(C)c1C. The van der Waals surface area contributed by atoms with Crippen molar-refractivity contribution in [2.75, 3.05) is 7.11 Å². The number of methoxy groups -OCH3 is 1. The number of hydrogen-bond acceptors (Lipinski definition) is 2. The quantitative estimate of drug-likeness (QED) is 0.832. The summed E-state index contributed by atoms with van der Waals surface area (Å²) in [5.74, 6) is 1.93. The summed E-state index contributed by atoms with van der Waals surface area (Å²) in [7, 11) is 3.76. The summed E-state index contributed by atoms with van der Waals surface area (Å²) in [5.41, 5.74) is 5.96. The molecule has 0 amide bonds. The van der Waals surface area contributed by atoms with Gasteiger partial charge >= 0.3 is 0 Å². The molecule has 19 heavy (non-hydrogen) atoms. The van der Waals surface area contributed by atoms with Gasteiger partial charge in [-0.05, 0) is 66.4 Å². The second kappa shape index (κ2) is 5.00. The van der Waals surface area contributed by atoms with Gasteiger partial charge in [-0.1, -0.05) is 0 Å². The number of rotatable bonds is 2. The molecule has 0 radical (unpaired) electrons.